The first-order chi connectivity index (χ1) is 9.60. The molecule has 2 aromatic rings. The van der Waals surface area contributed by atoms with Crippen LogP contribution in [0.2, 0.25) is 0 Å². The molecule has 1 amide bonds. The van der Waals surface area contributed by atoms with Crippen molar-refractivity contribution in [3.8, 4) is 0 Å². The zero-order valence-corrected chi connectivity index (χ0v) is 11.3. The summed E-state index contributed by atoms with van der Waals surface area (Å²) in [7, 11) is 0. The monoisotopic (exact) mass is 295 g/mol. The summed E-state index contributed by atoms with van der Waals surface area (Å²) in [5.74, 6) is -1.92. The van der Waals surface area contributed by atoms with Gasteiger partial charge in [0.25, 0.3) is 0 Å². The summed E-state index contributed by atoms with van der Waals surface area (Å²) in [5.41, 5.74) is 1.83. The largest absolute Gasteiger partial charge is 0.326 e. The van der Waals surface area contributed by atoms with Gasteiger partial charge in [-0.2, -0.15) is 0 Å². The first-order valence-electron chi connectivity index (χ1n) is 5.98. The Hall–Kier alpha value is -1.94. The van der Waals surface area contributed by atoms with Gasteiger partial charge < -0.3 is 5.32 Å². The molecule has 0 aromatic heterocycles. The van der Waals surface area contributed by atoms with Crippen LogP contribution in [0, 0.1) is 11.6 Å². The summed E-state index contributed by atoms with van der Waals surface area (Å²) in [4.78, 5) is 11.9. The van der Waals surface area contributed by atoms with E-state index in [0.29, 0.717) is 11.3 Å². The first kappa shape index (κ1) is 14.5. The second-order valence-corrected chi connectivity index (χ2v) is 4.53. The van der Waals surface area contributed by atoms with Crippen LogP contribution in [0.25, 0.3) is 0 Å². The van der Waals surface area contributed by atoms with E-state index in [1.807, 2.05) is 6.07 Å². The third-order valence-electron chi connectivity index (χ3n) is 2.78. The lowest BCUT2D eigenvalue weighted by molar-refractivity contribution is -0.115. The Balaban J connectivity index is 2.07. The molecule has 0 aliphatic carbocycles. The lowest BCUT2D eigenvalue weighted by Gasteiger charge is -2.09. The van der Waals surface area contributed by atoms with Crippen molar-refractivity contribution in [3.63, 3.8) is 0 Å². The van der Waals surface area contributed by atoms with Crippen LogP contribution in [0.5, 0.6) is 0 Å². The van der Waals surface area contributed by atoms with Gasteiger partial charge in [0.15, 0.2) is 11.6 Å². The van der Waals surface area contributed by atoms with E-state index in [1.54, 1.807) is 18.2 Å². The van der Waals surface area contributed by atoms with Crippen molar-refractivity contribution >= 4 is 23.2 Å². The first-order valence-corrected chi connectivity index (χ1v) is 6.51. The fraction of sp³-hybridized carbons (Fsp3) is 0.133. The van der Waals surface area contributed by atoms with E-state index in [1.165, 1.54) is 6.07 Å². The number of rotatable bonds is 4. The molecule has 2 aromatic carbocycles. The normalized spacial score (nSPS) is 10.3. The number of hydrogen-bond acceptors (Lipinski definition) is 1. The molecule has 5 heteroatoms. The molecule has 0 saturated carbocycles. The summed E-state index contributed by atoms with van der Waals surface area (Å²) >= 11 is 5.77. The number of hydrogen-bond donors (Lipinski definition) is 1. The predicted molar refractivity (Wildman–Crippen MR) is 74.7 cm³/mol. The number of amides is 1. The molecule has 2 rings (SSSR count). The molecule has 0 radical (unpaired) electrons. The van der Waals surface area contributed by atoms with Gasteiger partial charge in [-0.25, -0.2) is 8.78 Å². The number of para-hydroxylation sites is 1. The fourth-order valence-corrected chi connectivity index (χ4v) is 2.02. The third-order valence-corrected chi connectivity index (χ3v) is 3.07. The molecule has 0 saturated heterocycles. The topological polar surface area (TPSA) is 29.1 Å². The van der Waals surface area contributed by atoms with Gasteiger partial charge >= 0.3 is 0 Å². The van der Waals surface area contributed by atoms with Crippen molar-refractivity contribution in [2.24, 2.45) is 0 Å². The SMILES string of the molecule is O=C(Cc1ccc(F)c(F)c1)Nc1ccccc1CCl. The Morgan fingerprint density at radius 2 is 1.85 bits per heavy atom. The Kier molecular flexibility index (Phi) is 4.69. The zero-order chi connectivity index (χ0) is 14.5. The molecule has 0 unspecified atom stereocenters. The van der Waals surface area contributed by atoms with Crippen LogP contribution in [0.15, 0.2) is 42.5 Å². The van der Waals surface area contributed by atoms with E-state index < -0.39 is 11.6 Å². The Labute approximate surface area is 120 Å². The second kappa shape index (κ2) is 6.48. The van der Waals surface area contributed by atoms with Crippen LogP contribution >= 0.6 is 11.6 Å². The number of anilines is 1. The molecule has 2 nitrogen and oxygen atoms in total. The van der Waals surface area contributed by atoms with Gasteiger partial charge in [0.05, 0.1) is 6.42 Å². The zero-order valence-electron chi connectivity index (χ0n) is 10.5. The average molecular weight is 296 g/mol. The van der Waals surface area contributed by atoms with Crippen molar-refractivity contribution in [1.82, 2.24) is 0 Å². The van der Waals surface area contributed by atoms with Gasteiger partial charge in [0, 0.05) is 11.6 Å². The molecule has 0 spiro atoms. The minimum Gasteiger partial charge on any atom is -0.326 e. The number of alkyl halides is 1. The maximum absolute atomic E-state index is 13.1. The van der Waals surface area contributed by atoms with Crippen molar-refractivity contribution in [1.29, 1.82) is 0 Å². The highest BCUT2D eigenvalue weighted by Gasteiger charge is 2.09. The lowest BCUT2D eigenvalue weighted by Crippen LogP contribution is -2.15. The number of carbonyl (C=O) groups is 1. The summed E-state index contributed by atoms with van der Waals surface area (Å²) in [5, 5.41) is 2.70. The molecule has 0 bridgehead atoms. The van der Waals surface area contributed by atoms with Gasteiger partial charge in [-0.3, -0.25) is 4.79 Å². The predicted octanol–water partition coefficient (Wildman–Crippen LogP) is 3.88. The molecule has 0 aliphatic rings. The van der Waals surface area contributed by atoms with Gasteiger partial charge in [0.1, 0.15) is 0 Å². The van der Waals surface area contributed by atoms with Crippen molar-refractivity contribution in [2.45, 2.75) is 12.3 Å². The standard InChI is InChI=1S/C15H12ClF2NO/c16-9-11-3-1-2-4-14(11)19-15(20)8-10-5-6-12(17)13(18)7-10/h1-7H,8-9H2,(H,19,20). The molecule has 0 aliphatic heterocycles. The van der Waals surface area contributed by atoms with E-state index in [2.05, 4.69) is 5.32 Å². The second-order valence-electron chi connectivity index (χ2n) is 4.26. The van der Waals surface area contributed by atoms with Crippen molar-refractivity contribution in [2.75, 3.05) is 5.32 Å². The highest BCUT2D eigenvalue weighted by Crippen LogP contribution is 2.17. The molecule has 0 fully saturated rings. The van der Waals surface area contributed by atoms with E-state index in [4.69, 9.17) is 11.6 Å². The van der Waals surface area contributed by atoms with Crippen LogP contribution in [-0.2, 0) is 17.1 Å². The number of carbonyl (C=O) groups excluding carboxylic acids is 1. The summed E-state index contributed by atoms with van der Waals surface area (Å²) in [6.07, 6.45) is -0.0339. The van der Waals surface area contributed by atoms with Crippen molar-refractivity contribution in [3.05, 3.63) is 65.2 Å². The molecule has 0 heterocycles. The minimum atomic E-state index is -0.962. The van der Waals surface area contributed by atoms with E-state index in [9.17, 15) is 13.6 Å². The minimum absolute atomic E-state index is 0.0339. The van der Waals surface area contributed by atoms with Crippen LogP contribution in [0.1, 0.15) is 11.1 Å². The molecular formula is C15H12ClF2NO. The third kappa shape index (κ3) is 3.54. The quantitative estimate of drug-likeness (QED) is 0.852. The van der Waals surface area contributed by atoms with E-state index >= 15 is 0 Å². The summed E-state index contributed by atoms with van der Waals surface area (Å²) < 4.78 is 25.8. The van der Waals surface area contributed by atoms with Crippen LogP contribution in [0.4, 0.5) is 14.5 Å². The van der Waals surface area contributed by atoms with Gasteiger partial charge in [0.2, 0.25) is 5.91 Å². The Morgan fingerprint density at radius 1 is 1.10 bits per heavy atom. The molecule has 20 heavy (non-hydrogen) atoms. The van der Waals surface area contributed by atoms with Gasteiger partial charge in [-0.15, -0.1) is 11.6 Å². The van der Waals surface area contributed by atoms with Gasteiger partial charge in [-0.05, 0) is 29.3 Å². The van der Waals surface area contributed by atoms with Crippen LogP contribution in [0.3, 0.4) is 0 Å². The molecule has 1 N–H and O–H groups in total. The molecule has 0 atom stereocenters. The Morgan fingerprint density at radius 3 is 2.55 bits per heavy atom. The molecular weight excluding hydrogens is 284 g/mol. The van der Waals surface area contributed by atoms with Crippen molar-refractivity contribution < 1.29 is 13.6 Å². The maximum atomic E-state index is 13.1. The molecule has 104 valence electrons. The van der Waals surface area contributed by atoms with Gasteiger partial charge in [-0.1, -0.05) is 24.3 Å². The Bertz CT molecular complexity index is 631. The smallest absolute Gasteiger partial charge is 0.228 e. The number of halogens is 3. The highest BCUT2D eigenvalue weighted by atomic mass is 35.5. The average Bonchev–Trinajstić information content (AvgIpc) is 2.43. The number of benzene rings is 2. The summed E-state index contributed by atoms with van der Waals surface area (Å²) in [6.45, 7) is 0. The maximum Gasteiger partial charge on any atom is 0.228 e. The van der Waals surface area contributed by atoms with E-state index in [-0.39, 0.29) is 18.2 Å². The summed E-state index contributed by atoms with van der Waals surface area (Å²) in [6, 6.07) is 10.5. The van der Waals surface area contributed by atoms with Crippen LogP contribution in [-0.4, -0.2) is 5.91 Å². The highest BCUT2D eigenvalue weighted by molar-refractivity contribution is 6.17. The van der Waals surface area contributed by atoms with E-state index in [0.717, 1.165) is 17.7 Å². The van der Waals surface area contributed by atoms with Crippen LogP contribution < -0.4 is 5.32 Å². The lowest BCUT2D eigenvalue weighted by atomic mass is 10.1. The number of nitrogens with one attached hydrogen (secondary N) is 1. The fourth-order valence-electron chi connectivity index (χ4n) is 1.79.